The van der Waals surface area contributed by atoms with Crippen molar-refractivity contribution in [1.29, 1.82) is 0 Å². The van der Waals surface area contributed by atoms with Crippen molar-refractivity contribution in [2.45, 2.75) is 45.7 Å². The molecule has 0 fully saturated rings. The molecule has 0 saturated heterocycles. The second-order valence-corrected chi connectivity index (χ2v) is 7.25. The number of aromatic nitrogens is 4. The van der Waals surface area contributed by atoms with Crippen LogP contribution >= 0.6 is 11.6 Å². The van der Waals surface area contributed by atoms with Gasteiger partial charge in [0.2, 0.25) is 0 Å². The average molecular weight is 359 g/mol. The van der Waals surface area contributed by atoms with E-state index in [9.17, 15) is 0 Å². The van der Waals surface area contributed by atoms with Crippen molar-refractivity contribution >= 4 is 17.3 Å². The highest BCUT2D eigenvalue weighted by molar-refractivity contribution is 6.30. The summed E-state index contributed by atoms with van der Waals surface area (Å²) in [5.74, 6) is 0.832. The van der Waals surface area contributed by atoms with E-state index in [1.807, 2.05) is 20.2 Å². The summed E-state index contributed by atoms with van der Waals surface area (Å²) in [7, 11) is 1.88. The van der Waals surface area contributed by atoms with Crippen LogP contribution in [0.15, 0.2) is 11.2 Å². The summed E-state index contributed by atoms with van der Waals surface area (Å²) in [6, 6.07) is 0. The second kappa shape index (κ2) is 6.84. The molecule has 0 atom stereocenters. The lowest BCUT2D eigenvalue weighted by molar-refractivity contribution is 0.242. The van der Waals surface area contributed by atoms with E-state index in [1.54, 1.807) is 4.68 Å². The van der Waals surface area contributed by atoms with Gasteiger partial charge in [0.25, 0.3) is 0 Å². The zero-order valence-corrected chi connectivity index (χ0v) is 15.6. The largest absolute Gasteiger partial charge is 0.294 e. The third kappa shape index (κ3) is 3.33. The highest BCUT2D eigenvalue weighted by Gasteiger charge is 2.22. The Bertz CT molecular complexity index is 825. The van der Waals surface area contributed by atoms with Crippen LogP contribution in [0.25, 0.3) is 0 Å². The molecule has 0 amide bonds. The van der Waals surface area contributed by atoms with Gasteiger partial charge < -0.3 is 0 Å². The van der Waals surface area contributed by atoms with Crippen molar-refractivity contribution in [2.24, 2.45) is 12.0 Å². The predicted octanol–water partition coefficient (Wildman–Crippen LogP) is 2.70. The van der Waals surface area contributed by atoms with Gasteiger partial charge in [-0.05, 0) is 26.2 Å². The molecule has 4 rings (SSSR count). The molecule has 0 bridgehead atoms. The number of aliphatic imine (C=N–C) groups is 1. The van der Waals surface area contributed by atoms with E-state index < -0.39 is 0 Å². The maximum Gasteiger partial charge on any atom is 0.173 e. The molecule has 25 heavy (non-hydrogen) atoms. The van der Waals surface area contributed by atoms with E-state index in [0.29, 0.717) is 0 Å². The van der Waals surface area contributed by atoms with Gasteiger partial charge >= 0.3 is 0 Å². The van der Waals surface area contributed by atoms with E-state index in [-0.39, 0.29) is 0 Å². The van der Waals surface area contributed by atoms with Crippen LogP contribution < -0.4 is 0 Å². The van der Waals surface area contributed by atoms with E-state index in [2.05, 4.69) is 20.0 Å². The molecule has 2 aliphatic rings. The summed E-state index contributed by atoms with van der Waals surface area (Å²) >= 11 is 6.38. The average Bonchev–Trinajstić information content (AvgIpc) is 2.88. The lowest BCUT2D eigenvalue weighted by atomic mass is 10.0. The zero-order chi connectivity index (χ0) is 17.4. The molecule has 2 aromatic rings. The first-order valence-corrected chi connectivity index (χ1v) is 9.28. The van der Waals surface area contributed by atoms with Crippen LogP contribution in [0.5, 0.6) is 0 Å². The van der Waals surface area contributed by atoms with E-state index in [1.165, 1.54) is 24.1 Å². The van der Waals surface area contributed by atoms with Crippen molar-refractivity contribution in [3.05, 3.63) is 39.7 Å². The molecular weight excluding hydrogens is 336 g/mol. The minimum Gasteiger partial charge on any atom is -0.294 e. The third-order valence-electron chi connectivity index (χ3n) is 5.05. The first kappa shape index (κ1) is 16.7. The molecule has 0 N–H and O–H groups in total. The fourth-order valence-electron chi connectivity index (χ4n) is 3.61. The molecular formula is C18H23ClN6. The monoisotopic (exact) mass is 358 g/mol. The Kier molecular flexibility index (Phi) is 4.56. The summed E-state index contributed by atoms with van der Waals surface area (Å²) in [4.78, 5) is 16.4. The van der Waals surface area contributed by atoms with Gasteiger partial charge in [-0.3, -0.25) is 14.6 Å². The number of hydrogen-bond acceptors (Lipinski definition) is 5. The van der Waals surface area contributed by atoms with Crippen LogP contribution in [0.4, 0.5) is 0 Å². The van der Waals surface area contributed by atoms with Gasteiger partial charge in [-0.2, -0.15) is 5.10 Å². The van der Waals surface area contributed by atoms with E-state index in [4.69, 9.17) is 16.6 Å². The number of rotatable bonds is 3. The molecule has 0 aromatic carbocycles. The summed E-state index contributed by atoms with van der Waals surface area (Å²) in [5.41, 5.74) is 5.57. The zero-order valence-electron chi connectivity index (χ0n) is 14.8. The number of hydrogen-bond donors (Lipinski definition) is 0. The molecule has 7 heteroatoms. The molecule has 0 aliphatic carbocycles. The normalized spacial score (nSPS) is 18.1. The van der Waals surface area contributed by atoms with Crippen molar-refractivity contribution in [3.8, 4) is 0 Å². The number of halogens is 1. The lowest BCUT2D eigenvalue weighted by Crippen LogP contribution is -2.31. The molecule has 6 nitrogen and oxygen atoms in total. The van der Waals surface area contributed by atoms with E-state index >= 15 is 0 Å². The van der Waals surface area contributed by atoms with Gasteiger partial charge in [-0.1, -0.05) is 11.6 Å². The highest BCUT2D eigenvalue weighted by Crippen LogP contribution is 2.24. The minimum atomic E-state index is 0.727. The third-order valence-corrected chi connectivity index (χ3v) is 5.52. The topological polar surface area (TPSA) is 59.2 Å². The maximum absolute atomic E-state index is 6.38. The molecule has 0 unspecified atom stereocenters. The van der Waals surface area contributed by atoms with Crippen molar-refractivity contribution < 1.29 is 0 Å². The Balaban J connectivity index is 1.51. The van der Waals surface area contributed by atoms with Crippen LogP contribution in [0.3, 0.4) is 0 Å². The summed E-state index contributed by atoms with van der Waals surface area (Å²) < 4.78 is 1.74. The predicted molar refractivity (Wildman–Crippen MR) is 98.1 cm³/mol. The van der Waals surface area contributed by atoms with Gasteiger partial charge in [-0.25, -0.2) is 9.97 Å². The molecule has 0 saturated carbocycles. The van der Waals surface area contributed by atoms with Crippen LogP contribution in [0.1, 0.15) is 47.6 Å². The van der Waals surface area contributed by atoms with Gasteiger partial charge in [-0.15, -0.1) is 0 Å². The maximum atomic E-state index is 6.38. The van der Waals surface area contributed by atoms with Crippen molar-refractivity contribution in [1.82, 2.24) is 24.6 Å². The SMILES string of the molecule is Cc1nn(C)c(Cl)c1CN1CCc2nc(C3=NCCCC3)ncc2C1. The summed E-state index contributed by atoms with van der Waals surface area (Å²) in [5, 5.41) is 5.13. The van der Waals surface area contributed by atoms with E-state index in [0.717, 1.165) is 67.0 Å². The molecule has 0 spiro atoms. The van der Waals surface area contributed by atoms with Gasteiger partial charge in [0, 0.05) is 57.0 Å². The van der Waals surface area contributed by atoms with Crippen LogP contribution in [-0.4, -0.2) is 43.4 Å². The first-order chi connectivity index (χ1) is 12.1. The molecule has 2 aliphatic heterocycles. The molecule has 132 valence electrons. The minimum absolute atomic E-state index is 0.727. The number of fused-ring (bicyclic) bond motifs is 1. The Morgan fingerprint density at radius 3 is 2.84 bits per heavy atom. The Morgan fingerprint density at radius 1 is 1.24 bits per heavy atom. The van der Waals surface area contributed by atoms with Gasteiger partial charge in [0.15, 0.2) is 5.82 Å². The lowest BCUT2D eigenvalue weighted by Gasteiger charge is -2.28. The van der Waals surface area contributed by atoms with Crippen LogP contribution in [-0.2, 0) is 26.6 Å². The van der Waals surface area contributed by atoms with Crippen LogP contribution in [0.2, 0.25) is 5.15 Å². The molecule has 4 heterocycles. The summed E-state index contributed by atoms with van der Waals surface area (Å²) in [6.07, 6.45) is 6.30. The van der Waals surface area contributed by atoms with Crippen molar-refractivity contribution in [2.75, 3.05) is 13.1 Å². The van der Waals surface area contributed by atoms with Gasteiger partial charge in [0.05, 0.1) is 17.1 Å². The Labute approximate surface area is 152 Å². The van der Waals surface area contributed by atoms with Crippen molar-refractivity contribution in [3.63, 3.8) is 0 Å². The molecule has 0 radical (unpaired) electrons. The first-order valence-electron chi connectivity index (χ1n) is 8.90. The van der Waals surface area contributed by atoms with Crippen LogP contribution in [0, 0.1) is 6.92 Å². The Hall–Kier alpha value is -1.79. The second-order valence-electron chi connectivity index (χ2n) is 6.89. The smallest absolute Gasteiger partial charge is 0.173 e. The molecule has 2 aromatic heterocycles. The fraction of sp³-hybridized carbons (Fsp3) is 0.556. The summed E-state index contributed by atoms with van der Waals surface area (Å²) in [6.45, 7) is 5.56. The van der Waals surface area contributed by atoms with Gasteiger partial charge in [0.1, 0.15) is 5.15 Å². The highest BCUT2D eigenvalue weighted by atomic mass is 35.5. The number of nitrogens with zero attached hydrogens (tertiary/aromatic N) is 6. The quantitative estimate of drug-likeness (QED) is 0.846. The standard InChI is InChI=1S/C18H23ClN6/c1-12-14(17(19)24(2)23-12)11-25-8-6-15-13(10-25)9-21-18(22-15)16-5-3-4-7-20-16/h9H,3-8,10-11H2,1-2H3. The Morgan fingerprint density at radius 2 is 2.12 bits per heavy atom. The fourth-order valence-corrected chi connectivity index (χ4v) is 3.84. The number of aryl methyl sites for hydroxylation is 2.